The van der Waals surface area contributed by atoms with Crippen LogP contribution in [0.1, 0.15) is 34.6 Å². The van der Waals surface area contributed by atoms with E-state index in [0.717, 1.165) is 11.3 Å². The lowest BCUT2D eigenvalue weighted by atomic mass is 10.1. The number of hydrogen-bond acceptors (Lipinski definition) is 3. The molecule has 5 heteroatoms. The summed E-state index contributed by atoms with van der Waals surface area (Å²) in [6.07, 6.45) is 0. The molecule has 1 aromatic heterocycles. The van der Waals surface area contributed by atoms with Gasteiger partial charge in [0.1, 0.15) is 5.82 Å². The van der Waals surface area contributed by atoms with Gasteiger partial charge in [0.25, 0.3) is 5.91 Å². The zero-order valence-corrected chi connectivity index (χ0v) is 13.1. The van der Waals surface area contributed by atoms with Gasteiger partial charge in [-0.2, -0.15) is 0 Å². The van der Waals surface area contributed by atoms with Gasteiger partial charge >= 0.3 is 0 Å². The number of carbonyl (C=O) groups is 1. The molecule has 21 heavy (non-hydrogen) atoms. The number of carbonyl (C=O) groups excluding carboxylic acids is 1. The van der Waals surface area contributed by atoms with Crippen molar-refractivity contribution in [1.29, 1.82) is 0 Å². The summed E-state index contributed by atoms with van der Waals surface area (Å²) < 4.78 is 0. The van der Waals surface area contributed by atoms with E-state index in [1.807, 2.05) is 38.1 Å². The number of anilines is 1. The van der Waals surface area contributed by atoms with Gasteiger partial charge in [0.05, 0.1) is 6.04 Å². The van der Waals surface area contributed by atoms with Crippen molar-refractivity contribution in [2.75, 3.05) is 12.8 Å². The van der Waals surface area contributed by atoms with Gasteiger partial charge in [-0.1, -0.05) is 23.7 Å². The quantitative estimate of drug-likeness (QED) is 0.944. The fourth-order valence-electron chi connectivity index (χ4n) is 2.16. The number of aromatic nitrogens is 1. The molecule has 1 amide bonds. The van der Waals surface area contributed by atoms with Crippen LogP contribution < -0.4 is 5.73 Å². The molecular formula is C16H18ClN3O. The van der Waals surface area contributed by atoms with Crippen LogP contribution in [0.4, 0.5) is 5.82 Å². The summed E-state index contributed by atoms with van der Waals surface area (Å²) in [6, 6.07) is 10.8. The van der Waals surface area contributed by atoms with E-state index in [4.69, 9.17) is 17.3 Å². The predicted molar refractivity (Wildman–Crippen MR) is 85.3 cm³/mol. The van der Waals surface area contributed by atoms with Crippen LogP contribution in [0.15, 0.2) is 36.4 Å². The Labute approximate surface area is 129 Å². The van der Waals surface area contributed by atoms with E-state index < -0.39 is 0 Å². The van der Waals surface area contributed by atoms with E-state index in [-0.39, 0.29) is 11.9 Å². The van der Waals surface area contributed by atoms with Crippen LogP contribution in [0.25, 0.3) is 0 Å². The van der Waals surface area contributed by atoms with Crippen molar-refractivity contribution >= 4 is 23.3 Å². The molecule has 0 spiro atoms. The first kappa shape index (κ1) is 15.3. The van der Waals surface area contributed by atoms with E-state index in [2.05, 4.69) is 4.98 Å². The lowest BCUT2D eigenvalue weighted by Crippen LogP contribution is -2.29. The topological polar surface area (TPSA) is 59.2 Å². The molecule has 0 saturated heterocycles. The highest BCUT2D eigenvalue weighted by Crippen LogP contribution is 2.22. The first-order chi connectivity index (χ1) is 9.88. The summed E-state index contributed by atoms with van der Waals surface area (Å²) in [6.45, 7) is 3.79. The van der Waals surface area contributed by atoms with Gasteiger partial charge in [-0.05, 0) is 43.7 Å². The Hall–Kier alpha value is -2.07. The number of aryl methyl sites for hydroxylation is 1. The number of nitrogen functional groups attached to an aromatic ring is 1. The fraction of sp³-hybridized carbons (Fsp3) is 0.250. The van der Waals surface area contributed by atoms with Crippen LogP contribution >= 0.6 is 11.6 Å². The Morgan fingerprint density at radius 1 is 1.29 bits per heavy atom. The van der Waals surface area contributed by atoms with Crippen LogP contribution in [0, 0.1) is 6.92 Å². The highest BCUT2D eigenvalue weighted by molar-refractivity contribution is 6.30. The number of pyridine rings is 1. The second-order valence-corrected chi connectivity index (χ2v) is 5.50. The van der Waals surface area contributed by atoms with Crippen molar-refractivity contribution in [2.45, 2.75) is 19.9 Å². The number of hydrogen-bond donors (Lipinski definition) is 1. The van der Waals surface area contributed by atoms with Crippen LogP contribution in [-0.4, -0.2) is 22.8 Å². The summed E-state index contributed by atoms with van der Waals surface area (Å²) in [5.41, 5.74) is 8.00. The lowest BCUT2D eigenvalue weighted by Gasteiger charge is -2.25. The van der Waals surface area contributed by atoms with Crippen LogP contribution in [-0.2, 0) is 0 Å². The van der Waals surface area contributed by atoms with E-state index >= 15 is 0 Å². The minimum absolute atomic E-state index is 0.0653. The minimum Gasteiger partial charge on any atom is -0.384 e. The van der Waals surface area contributed by atoms with Gasteiger partial charge in [0.2, 0.25) is 0 Å². The van der Waals surface area contributed by atoms with E-state index in [0.29, 0.717) is 16.4 Å². The molecule has 2 rings (SSSR count). The number of amides is 1. The molecule has 2 aromatic rings. The molecule has 0 fully saturated rings. The number of benzene rings is 1. The zero-order chi connectivity index (χ0) is 15.6. The fourth-order valence-corrected chi connectivity index (χ4v) is 2.29. The van der Waals surface area contributed by atoms with Gasteiger partial charge in [-0.15, -0.1) is 0 Å². The minimum atomic E-state index is -0.0883. The zero-order valence-electron chi connectivity index (χ0n) is 12.3. The van der Waals surface area contributed by atoms with E-state index in [1.165, 1.54) is 0 Å². The second-order valence-electron chi connectivity index (χ2n) is 5.07. The smallest absolute Gasteiger partial charge is 0.254 e. The molecule has 1 aromatic carbocycles. The third kappa shape index (κ3) is 3.52. The Kier molecular flexibility index (Phi) is 4.48. The molecular weight excluding hydrogens is 286 g/mol. The second kappa shape index (κ2) is 6.14. The Bertz CT molecular complexity index is 635. The largest absolute Gasteiger partial charge is 0.384 e. The molecule has 1 unspecified atom stereocenters. The Morgan fingerprint density at radius 2 is 1.90 bits per heavy atom. The van der Waals surface area contributed by atoms with Crippen molar-refractivity contribution in [1.82, 2.24) is 9.88 Å². The first-order valence-corrected chi connectivity index (χ1v) is 7.03. The summed E-state index contributed by atoms with van der Waals surface area (Å²) >= 11 is 5.89. The van der Waals surface area contributed by atoms with Crippen LogP contribution in [0.2, 0.25) is 5.02 Å². The van der Waals surface area contributed by atoms with Gasteiger partial charge in [0.15, 0.2) is 0 Å². The van der Waals surface area contributed by atoms with Crippen molar-refractivity contribution in [3.63, 3.8) is 0 Å². The number of nitrogens with zero attached hydrogens (tertiary/aromatic N) is 2. The van der Waals surface area contributed by atoms with Crippen LogP contribution in [0.5, 0.6) is 0 Å². The lowest BCUT2D eigenvalue weighted by molar-refractivity contribution is 0.0742. The van der Waals surface area contributed by atoms with Gasteiger partial charge in [-0.25, -0.2) is 4.98 Å². The number of rotatable bonds is 3. The predicted octanol–water partition coefficient (Wildman–Crippen LogP) is 3.46. The molecule has 0 aliphatic rings. The molecule has 1 atom stereocenters. The molecule has 0 saturated carbocycles. The molecule has 0 bridgehead atoms. The molecule has 4 nitrogen and oxygen atoms in total. The molecule has 1 heterocycles. The maximum atomic E-state index is 12.5. The number of halogens is 1. The van der Waals surface area contributed by atoms with Crippen molar-refractivity contribution in [2.24, 2.45) is 0 Å². The van der Waals surface area contributed by atoms with Gasteiger partial charge in [0, 0.05) is 23.3 Å². The molecule has 0 aliphatic carbocycles. The summed E-state index contributed by atoms with van der Waals surface area (Å²) in [5.74, 6) is 0.264. The molecule has 2 N–H and O–H groups in total. The normalized spacial score (nSPS) is 12.0. The van der Waals surface area contributed by atoms with Gasteiger partial charge < -0.3 is 10.6 Å². The maximum Gasteiger partial charge on any atom is 0.254 e. The summed E-state index contributed by atoms with van der Waals surface area (Å²) in [7, 11) is 1.77. The molecule has 0 radical (unpaired) electrons. The van der Waals surface area contributed by atoms with Crippen molar-refractivity contribution in [3.05, 3.63) is 58.2 Å². The van der Waals surface area contributed by atoms with E-state index in [1.54, 1.807) is 24.1 Å². The van der Waals surface area contributed by atoms with Gasteiger partial charge in [-0.3, -0.25) is 4.79 Å². The Morgan fingerprint density at radius 3 is 2.48 bits per heavy atom. The van der Waals surface area contributed by atoms with E-state index in [9.17, 15) is 4.79 Å². The maximum absolute atomic E-state index is 12.5. The third-order valence-electron chi connectivity index (χ3n) is 3.47. The summed E-state index contributed by atoms with van der Waals surface area (Å²) in [4.78, 5) is 18.3. The number of nitrogens with two attached hydrogens (primary N) is 1. The monoisotopic (exact) mass is 303 g/mol. The van der Waals surface area contributed by atoms with Crippen molar-refractivity contribution in [3.8, 4) is 0 Å². The highest BCUT2D eigenvalue weighted by Gasteiger charge is 2.19. The average molecular weight is 304 g/mol. The third-order valence-corrected chi connectivity index (χ3v) is 3.73. The summed E-state index contributed by atoms with van der Waals surface area (Å²) in [5, 5.41) is 0.678. The van der Waals surface area contributed by atoms with Crippen molar-refractivity contribution < 1.29 is 4.79 Å². The van der Waals surface area contributed by atoms with Crippen LogP contribution in [0.3, 0.4) is 0 Å². The molecule has 0 aliphatic heterocycles. The first-order valence-electron chi connectivity index (χ1n) is 6.65. The standard InChI is InChI=1S/C16H18ClN3O/c1-10-8-13(9-15(18)19-10)16(21)20(3)11(2)12-4-6-14(17)7-5-12/h4-9,11H,1-3H3,(H2,18,19). The molecule has 110 valence electrons. The Balaban J connectivity index is 2.23. The highest BCUT2D eigenvalue weighted by atomic mass is 35.5. The average Bonchev–Trinajstić information content (AvgIpc) is 2.44. The SMILES string of the molecule is Cc1cc(C(=O)N(C)C(C)c2ccc(Cl)cc2)cc(N)n1.